The fourth-order valence-electron chi connectivity index (χ4n) is 3.11. The highest BCUT2D eigenvalue weighted by molar-refractivity contribution is 5.96. The van der Waals surface area contributed by atoms with Crippen LogP contribution < -0.4 is 0 Å². The second kappa shape index (κ2) is 6.97. The summed E-state index contributed by atoms with van der Waals surface area (Å²) in [6, 6.07) is 3.79. The first kappa shape index (κ1) is 16.6. The molecule has 120 valence electrons. The van der Waals surface area contributed by atoms with E-state index in [9.17, 15) is 9.90 Å². The van der Waals surface area contributed by atoms with Crippen molar-refractivity contribution in [2.75, 3.05) is 6.61 Å². The summed E-state index contributed by atoms with van der Waals surface area (Å²) in [5.41, 5.74) is 4.59. The van der Waals surface area contributed by atoms with Crippen LogP contribution in [-0.4, -0.2) is 27.4 Å². The molecule has 1 aromatic heterocycles. The number of carboxylic acid groups (broad SMARTS) is 1. The zero-order valence-electron chi connectivity index (χ0n) is 13.6. The van der Waals surface area contributed by atoms with Gasteiger partial charge in [0.1, 0.15) is 0 Å². The smallest absolute Gasteiger partial charge is 0.336 e. The number of aromatic carboxylic acids is 1. The molecule has 2 aromatic rings. The third-order valence-corrected chi connectivity index (χ3v) is 4.35. The average Bonchev–Trinajstić information content (AvgIpc) is 2.73. The van der Waals surface area contributed by atoms with Gasteiger partial charge in [-0.15, -0.1) is 0 Å². The van der Waals surface area contributed by atoms with Crippen molar-refractivity contribution in [3.63, 3.8) is 0 Å². The topological polar surface area (TPSA) is 62.5 Å². The SMILES string of the molecule is CCCCn1c(C)c(CCCO)c2cc(C)c(C(=O)O)cc21. The number of nitrogens with zero attached hydrogens (tertiary/aromatic N) is 1. The zero-order chi connectivity index (χ0) is 16.3. The number of hydrogen-bond donors (Lipinski definition) is 2. The quantitative estimate of drug-likeness (QED) is 0.820. The Balaban J connectivity index is 2.65. The molecule has 0 aliphatic carbocycles. The lowest BCUT2D eigenvalue weighted by atomic mass is 10.0. The van der Waals surface area contributed by atoms with Crippen LogP contribution in [0.4, 0.5) is 0 Å². The number of aryl methyl sites for hydroxylation is 3. The van der Waals surface area contributed by atoms with Gasteiger partial charge in [-0.25, -0.2) is 4.79 Å². The standard InChI is InChI=1S/C18H25NO3/c1-4-5-8-19-13(3)14(7-6-9-20)16-10-12(2)15(18(21)22)11-17(16)19/h10-11,20H,4-9H2,1-3H3,(H,21,22). The van der Waals surface area contributed by atoms with Crippen LogP contribution in [0.2, 0.25) is 0 Å². The van der Waals surface area contributed by atoms with Gasteiger partial charge in [-0.05, 0) is 56.4 Å². The van der Waals surface area contributed by atoms with E-state index in [1.165, 1.54) is 11.3 Å². The van der Waals surface area contributed by atoms with Gasteiger partial charge in [0.25, 0.3) is 0 Å². The van der Waals surface area contributed by atoms with Gasteiger partial charge < -0.3 is 14.8 Å². The number of fused-ring (bicyclic) bond motifs is 1. The fourth-order valence-corrected chi connectivity index (χ4v) is 3.11. The normalized spacial score (nSPS) is 11.3. The highest BCUT2D eigenvalue weighted by atomic mass is 16.4. The maximum absolute atomic E-state index is 11.4. The summed E-state index contributed by atoms with van der Waals surface area (Å²) < 4.78 is 2.23. The minimum atomic E-state index is -0.878. The van der Waals surface area contributed by atoms with Crippen molar-refractivity contribution < 1.29 is 15.0 Å². The predicted molar refractivity (Wildman–Crippen MR) is 88.7 cm³/mol. The monoisotopic (exact) mass is 303 g/mol. The Labute approximate surface area is 131 Å². The van der Waals surface area contributed by atoms with Crippen LogP contribution in [0.25, 0.3) is 10.9 Å². The predicted octanol–water partition coefficient (Wildman–Crippen LogP) is 3.68. The molecular weight excluding hydrogens is 278 g/mol. The Morgan fingerprint density at radius 2 is 1.95 bits per heavy atom. The molecule has 22 heavy (non-hydrogen) atoms. The Hall–Kier alpha value is -1.81. The Kier molecular flexibility index (Phi) is 5.24. The Bertz CT molecular complexity index is 685. The molecule has 0 aliphatic heterocycles. The van der Waals surface area contributed by atoms with Crippen molar-refractivity contribution in [2.24, 2.45) is 0 Å². The number of carbonyl (C=O) groups is 1. The first-order chi connectivity index (χ1) is 10.5. The molecule has 1 aromatic carbocycles. The molecular formula is C18H25NO3. The molecule has 0 aliphatic rings. The summed E-state index contributed by atoms with van der Waals surface area (Å²) in [5.74, 6) is -0.878. The van der Waals surface area contributed by atoms with Crippen LogP contribution in [0, 0.1) is 13.8 Å². The lowest BCUT2D eigenvalue weighted by Gasteiger charge is -2.09. The molecule has 0 spiro atoms. The van der Waals surface area contributed by atoms with E-state index in [1.54, 1.807) is 6.07 Å². The lowest BCUT2D eigenvalue weighted by molar-refractivity contribution is 0.0696. The lowest BCUT2D eigenvalue weighted by Crippen LogP contribution is -2.03. The summed E-state index contributed by atoms with van der Waals surface area (Å²) in [6.07, 6.45) is 3.72. The number of benzene rings is 1. The van der Waals surface area contributed by atoms with E-state index < -0.39 is 5.97 Å². The molecule has 1 heterocycles. The first-order valence-corrected chi connectivity index (χ1v) is 7.97. The largest absolute Gasteiger partial charge is 0.478 e. The van der Waals surface area contributed by atoms with E-state index in [2.05, 4.69) is 18.4 Å². The molecule has 0 saturated carbocycles. The first-order valence-electron chi connectivity index (χ1n) is 7.97. The van der Waals surface area contributed by atoms with Crippen LogP contribution in [0.15, 0.2) is 12.1 Å². The van der Waals surface area contributed by atoms with Gasteiger partial charge in [0.05, 0.1) is 5.56 Å². The third-order valence-electron chi connectivity index (χ3n) is 4.35. The average molecular weight is 303 g/mol. The van der Waals surface area contributed by atoms with Crippen LogP contribution in [0.3, 0.4) is 0 Å². The van der Waals surface area contributed by atoms with Gasteiger partial charge in [0.2, 0.25) is 0 Å². The molecule has 2 N–H and O–H groups in total. The van der Waals surface area contributed by atoms with Gasteiger partial charge >= 0.3 is 5.97 Å². The van der Waals surface area contributed by atoms with Crippen molar-refractivity contribution in [1.82, 2.24) is 4.57 Å². The summed E-state index contributed by atoms with van der Waals surface area (Å²) in [4.78, 5) is 11.4. The van der Waals surface area contributed by atoms with E-state index in [-0.39, 0.29) is 6.61 Å². The van der Waals surface area contributed by atoms with E-state index in [0.717, 1.165) is 48.7 Å². The van der Waals surface area contributed by atoms with Crippen molar-refractivity contribution in [3.05, 3.63) is 34.5 Å². The highest BCUT2D eigenvalue weighted by Crippen LogP contribution is 2.30. The van der Waals surface area contributed by atoms with Gasteiger partial charge in [0.15, 0.2) is 0 Å². The van der Waals surface area contributed by atoms with Crippen molar-refractivity contribution in [2.45, 2.75) is 53.0 Å². The molecule has 4 heteroatoms. The number of unbranched alkanes of at least 4 members (excludes halogenated alkanes) is 1. The van der Waals surface area contributed by atoms with Gasteiger partial charge in [-0.3, -0.25) is 0 Å². The number of aliphatic hydroxyl groups is 1. The van der Waals surface area contributed by atoms with E-state index >= 15 is 0 Å². The summed E-state index contributed by atoms with van der Waals surface area (Å²) in [7, 11) is 0. The molecule has 0 saturated heterocycles. The molecule has 0 atom stereocenters. The fraction of sp³-hybridized carbons (Fsp3) is 0.500. The minimum absolute atomic E-state index is 0.174. The van der Waals surface area contributed by atoms with Gasteiger partial charge in [-0.2, -0.15) is 0 Å². The second-order valence-electron chi connectivity index (χ2n) is 5.89. The zero-order valence-corrected chi connectivity index (χ0v) is 13.6. The minimum Gasteiger partial charge on any atom is -0.478 e. The van der Waals surface area contributed by atoms with Crippen molar-refractivity contribution in [1.29, 1.82) is 0 Å². The molecule has 2 rings (SSSR count). The van der Waals surface area contributed by atoms with Crippen molar-refractivity contribution in [3.8, 4) is 0 Å². The maximum atomic E-state index is 11.4. The number of hydrogen-bond acceptors (Lipinski definition) is 2. The Morgan fingerprint density at radius 3 is 2.55 bits per heavy atom. The molecule has 0 fully saturated rings. The molecule has 0 radical (unpaired) electrons. The van der Waals surface area contributed by atoms with E-state index in [0.29, 0.717) is 5.56 Å². The van der Waals surface area contributed by atoms with Crippen LogP contribution in [-0.2, 0) is 13.0 Å². The summed E-state index contributed by atoms with van der Waals surface area (Å²) >= 11 is 0. The molecule has 0 amide bonds. The highest BCUT2D eigenvalue weighted by Gasteiger charge is 2.17. The third kappa shape index (κ3) is 3.02. The van der Waals surface area contributed by atoms with Crippen LogP contribution >= 0.6 is 0 Å². The molecule has 0 bridgehead atoms. The summed E-state index contributed by atoms with van der Waals surface area (Å²) in [6.45, 7) is 7.17. The number of carboxylic acids is 1. The van der Waals surface area contributed by atoms with Crippen LogP contribution in [0.5, 0.6) is 0 Å². The van der Waals surface area contributed by atoms with Crippen LogP contribution in [0.1, 0.15) is 53.4 Å². The number of rotatable bonds is 7. The van der Waals surface area contributed by atoms with Gasteiger partial charge in [-0.1, -0.05) is 13.3 Å². The van der Waals surface area contributed by atoms with Crippen molar-refractivity contribution >= 4 is 16.9 Å². The molecule has 4 nitrogen and oxygen atoms in total. The number of aliphatic hydroxyl groups excluding tert-OH is 1. The second-order valence-corrected chi connectivity index (χ2v) is 5.89. The Morgan fingerprint density at radius 1 is 1.23 bits per heavy atom. The maximum Gasteiger partial charge on any atom is 0.336 e. The van der Waals surface area contributed by atoms with Gasteiger partial charge in [0, 0.05) is 29.7 Å². The van der Waals surface area contributed by atoms with E-state index in [1.807, 2.05) is 13.0 Å². The van der Waals surface area contributed by atoms with E-state index in [4.69, 9.17) is 5.11 Å². The summed E-state index contributed by atoms with van der Waals surface area (Å²) in [5, 5.41) is 19.6. The number of aromatic nitrogens is 1. The molecule has 0 unspecified atom stereocenters.